The molecule has 84 valence electrons. The van der Waals surface area contributed by atoms with E-state index in [1.807, 2.05) is 0 Å². The predicted octanol–water partition coefficient (Wildman–Crippen LogP) is 2.10. The monoisotopic (exact) mass is 198 g/mol. The van der Waals surface area contributed by atoms with Crippen LogP contribution in [-0.4, -0.2) is 37.1 Å². The zero-order valence-corrected chi connectivity index (χ0v) is 10.4. The summed E-state index contributed by atoms with van der Waals surface area (Å²) in [5, 5.41) is 3.45. The molecule has 0 radical (unpaired) electrons. The Kier molecular flexibility index (Phi) is 4.39. The van der Waals surface area contributed by atoms with Gasteiger partial charge in [0.05, 0.1) is 0 Å². The van der Waals surface area contributed by atoms with E-state index in [0.717, 1.165) is 12.0 Å². The van der Waals surface area contributed by atoms with Gasteiger partial charge in [-0.15, -0.1) is 0 Å². The van der Waals surface area contributed by atoms with E-state index in [9.17, 15) is 0 Å². The van der Waals surface area contributed by atoms with E-state index in [-0.39, 0.29) is 0 Å². The number of likely N-dealkylation sites (N-methyl/N-ethyl adjacent to an activating group) is 2. The van der Waals surface area contributed by atoms with Crippen molar-refractivity contribution in [3.05, 3.63) is 0 Å². The maximum atomic E-state index is 3.45. The minimum absolute atomic E-state index is 0.689. The van der Waals surface area contributed by atoms with E-state index in [4.69, 9.17) is 0 Å². The molecule has 3 atom stereocenters. The second-order valence-electron chi connectivity index (χ2n) is 5.04. The van der Waals surface area contributed by atoms with Crippen LogP contribution >= 0.6 is 0 Å². The summed E-state index contributed by atoms with van der Waals surface area (Å²) in [4.78, 5) is 2.57. The highest BCUT2D eigenvalue weighted by atomic mass is 15.2. The second kappa shape index (κ2) is 5.13. The van der Waals surface area contributed by atoms with Crippen LogP contribution in [0.4, 0.5) is 0 Å². The molecule has 0 saturated heterocycles. The van der Waals surface area contributed by atoms with Gasteiger partial charge < -0.3 is 5.32 Å². The van der Waals surface area contributed by atoms with Gasteiger partial charge in [0.25, 0.3) is 0 Å². The van der Waals surface area contributed by atoms with Crippen LogP contribution in [-0.2, 0) is 0 Å². The van der Waals surface area contributed by atoms with E-state index in [2.05, 4.69) is 45.1 Å². The number of hydrogen-bond donors (Lipinski definition) is 1. The lowest BCUT2D eigenvalue weighted by atomic mass is 10.0. The third kappa shape index (κ3) is 2.48. The van der Waals surface area contributed by atoms with E-state index in [0.29, 0.717) is 12.1 Å². The standard InChI is InChI=1S/C12H26N2/c1-9(2)10(3)14(5)12-8-6-7-11(12)13-4/h9-13H,6-8H2,1-5H3. The topological polar surface area (TPSA) is 15.3 Å². The van der Waals surface area contributed by atoms with E-state index in [1.165, 1.54) is 19.3 Å². The number of rotatable bonds is 4. The summed E-state index contributed by atoms with van der Waals surface area (Å²) < 4.78 is 0. The molecule has 0 aromatic carbocycles. The molecule has 1 fully saturated rings. The van der Waals surface area contributed by atoms with E-state index in [1.54, 1.807) is 0 Å². The van der Waals surface area contributed by atoms with Crippen molar-refractivity contribution in [3.63, 3.8) is 0 Å². The first-order valence-electron chi connectivity index (χ1n) is 5.97. The van der Waals surface area contributed by atoms with Crippen LogP contribution in [0.2, 0.25) is 0 Å². The van der Waals surface area contributed by atoms with Crippen molar-refractivity contribution in [1.29, 1.82) is 0 Å². The summed E-state index contributed by atoms with van der Waals surface area (Å²) in [6, 6.07) is 2.15. The van der Waals surface area contributed by atoms with Crippen LogP contribution in [0.3, 0.4) is 0 Å². The molecule has 14 heavy (non-hydrogen) atoms. The van der Waals surface area contributed by atoms with Gasteiger partial charge in [0.1, 0.15) is 0 Å². The largest absolute Gasteiger partial charge is 0.315 e. The van der Waals surface area contributed by atoms with Crippen LogP contribution in [0.5, 0.6) is 0 Å². The smallest absolute Gasteiger partial charge is 0.0249 e. The Bertz CT molecular complexity index is 168. The summed E-state index contributed by atoms with van der Waals surface area (Å²) >= 11 is 0. The Morgan fingerprint density at radius 2 is 1.86 bits per heavy atom. The first-order valence-corrected chi connectivity index (χ1v) is 5.97. The van der Waals surface area contributed by atoms with Crippen LogP contribution in [0, 0.1) is 5.92 Å². The molecule has 0 heterocycles. The molecule has 2 nitrogen and oxygen atoms in total. The van der Waals surface area contributed by atoms with Crippen molar-refractivity contribution >= 4 is 0 Å². The van der Waals surface area contributed by atoms with Gasteiger partial charge in [0.2, 0.25) is 0 Å². The van der Waals surface area contributed by atoms with Gasteiger partial charge in [-0.1, -0.05) is 20.3 Å². The first kappa shape index (κ1) is 12.0. The number of nitrogens with zero attached hydrogens (tertiary/aromatic N) is 1. The molecule has 0 aromatic heterocycles. The number of hydrogen-bond acceptors (Lipinski definition) is 2. The summed E-state index contributed by atoms with van der Waals surface area (Å²) in [5.74, 6) is 0.748. The molecular weight excluding hydrogens is 172 g/mol. The number of nitrogens with one attached hydrogen (secondary N) is 1. The molecule has 0 aliphatic heterocycles. The predicted molar refractivity (Wildman–Crippen MR) is 62.5 cm³/mol. The molecule has 3 unspecified atom stereocenters. The summed E-state index contributed by atoms with van der Waals surface area (Å²) in [6.07, 6.45) is 4.08. The highest BCUT2D eigenvalue weighted by Gasteiger charge is 2.31. The third-order valence-electron chi connectivity index (χ3n) is 3.98. The zero-order chi connectivity index (χ0) is 10.7. The van der Waals surface area contributed by atoms with Crippen molar-refractivity contribution < 1.29 is 0 Å². The molecule has 0 aromatic rings. The Labute approximate surface area is 89.1 Å². The Balaban J connectivity index is 2.54. The molecule has 0 spiro atoms. The third-order valence-corrected chi connectivity index (χ3v) is 3.98. The van der Waals surface area contributed by atoms with Crippen molar-refractivity contribution in [2.45, 2.75) is 58.2 Å². The quantitative estimate of drug-likeness (QED) is 0.744. The lowest BCUT2D eigenvalue weighted by Crippen LogP contribution is -2.48. The van der Waals surface area contributed by atoms with Gasteiger partial charge >= 0.3 is 0 Å². The fraction of sp³-hybridized carbons (Fsp3) is 1.00. The van der Waals surface area contributed by atoms with Crippen molar-refractivity contribution in [2.75, 3.05) is 14.1 Å². The summed E-state index contributed by atoms with van der Waals surface area (Å²) in [5.41, 5.74) is 0. The van der Waals surface area contributed by atoms with Gasteiger partial charge in [-0.2, -0.15) is 0 Å². The zero-order valence-electron chi connectivity index (χ0n) is 10.4. The molecule has 1 aliphatic rings. The fourth-order valence-electron chi connectivity index (χ4n) is 2.54. The fourth-order valence-corrected chi connectivity index (χ4v) is 2.54. The molecule has 0 bridgehead atoms. The molecule has 1 saturated carbocycles. The lowest BCUT2D eigenvalue weighted by Gasteiger charge is -2.36. The van der Waals surface area contributed by atoms with Gasteiger partial charge in [-0.05, 0) is 39.8 Å². The van der Waals surface area contributed by atoms with E-state index >= 15 is 0 Å². The first-order chi connectivity index (χ1) is 6.57. The van der Waals surface area contributed by atoms with Gasteiger partial charge in [-0.3, -0.25) is 4.90 Å². The molecule has 0 amide bonds. The molecular formula is C12H26N2. The highest BCUT2D eigenvalue weighted by molar-refractivity contribution is 4.90. The highest BCUT2D eigenvalue weighted by Crippen LogP contribution is 2.26. The lowest BCUT2D eigenvalue weighted by molar-refractivity contribution is 0.133. The Morgan fingerprint density at radius 3 is 2.36 bits per heavy atom. The van der Waals surface area contributed by atoms with Gasteiger partial charge in [-0.25, -0.2) is 0 Å². The minimum atomic E-state index is 0.689. The van der Waals surface area contributed by atoms with Crippen LogP contribution in [0.1, 0.15) is 40.0 Å². The minimum Gasteiger partial charge on any atom is -0.315 e. The summed E-state index contributed by atoms with van der Waals surface area (Å²) in [7, 11) is 4.38. The van der Waals surface area contributed by atoms with Gasteiger partial charge in [0.15, 0.2) is 0 Å². The SMILES string of the molecule is CNC1CCCC1N(C)C(C)C(C)C. The summed E-state index contributed by atoms with van der Waals surface area (Å²) in [6.45, 7) is 6.96. The Morgan fingerprint density at radius 1 is 1.21 bits per heavy atom. The molecule has 1 N–H and O–H groups in total. The molecule has 1 rings (SSSR count). The van der Waals surface area contributed by atoms with Crippen LogP contribution < -0.4 is 5.32 Å². The molecule has 1 aliphatic carbocycles. The van der Waals surface area contributed by atoms with Crippen molar-refractivity contribution in [1.82, 2.24) is 10.2 Å². The average Bonchev–Trinajstić information content (AvgIpc) is 2.62. The second-order valence-corrected chi connectivity index (χ2v) is 5.04. The molecule has 2 heteroatoms. The normalized spacial score (nSPS) is 30.2. The van der Waals surface area contributed by atoms with E-state index < -0.39 is 0 Å². The maximum Gasteiger partial charge on any atom is 0.0249 e. The Hall–Kier alpha value is -0.0800. The van der Waals surface area contributed by atoms with Crippen molar-refractivity contribution in [3.8, 4) is 0 Å². The van der Waals surface area contributed by atoms with Crippen LogP contribution in [0.15, 0.2) is 0 Å². The van der Waals surface area contributed by atoms with Crippen LogP contribution in [0.25, 0.3) is 0 Å². The average molecular weight is 198 g/mol. The van der Waals surface area contributed by atoms with Crippen molar-refractivity contribution in [2.24, 2.45) is 5.92 Å². The maximum absolute atomic E-state index is 3.45. The van der Waals surface area contributed by atoms with Gasteiger partial charge in [0, 0.05) is 18.1 Å².